The minimum Gasteiger partial charge on any atom is -0.376 e. The molecule has 2 heterocycles. The lowest BCUT2D eigenvalue weighted by atomic mass is 9.99. The summed E-state index contributed by atoms with van der Waals surface area (Å²) in [6, 6.07) is 18.7. The van der Waals surface area contributed by atoms with Gasteiger partial charge in [-0.25, -0.2) is 4.98 Å². The van der Waals surface area contributed by atoms with Crippen molar-refractivity contribution in [3.05, 3.63) is 72.1 Å². The quantitative estimate of drug-likeness (QED) is 0.278. The van der Waals surface area contributed by atoms with E-state index in [-0.39, 0.29) is 18.3 Å². The molecule has 0 unspecified atom stereocenters. The van der Waals surface area contributed by atoms with Crippen molar-refractivity contribution in [1.29, 1.82) is 0 Å². The van der Waals surface area contributed by atoms with Gasteiger partial charge < -0.3 is 23.8 Å². The van der Waals surface area contributed by atoms with E-state index in [1.165, 1.54) is 5.56 Å². The standard InChI is InChI=1S/C28H31N3O5/c1-17-6-10-21(11-7-17)31-16-29-24-22-12-8-19(14-20(22)9-13-23(24)31)15-30-36-28-27(34-5)26(33-4)25(32-3)18(2)35-28/h6-16,18,25-28H,1-5H3/b30-15+/t18-,25-,26+,27+,28+/m0/s1. The van der Waals surface area contributed by atoms with Crippen LogP contribution in [0, 0.1) is 6.92 Å². The smallest absolute Gasteiger partial charge is 0.256 e. The maximum atomic E-state index is 5.95. The van der Waals surface area contributed by atoms with Gasteiger partial charge in [0.2, 0.25) is 0 Å². The van der Waals surface area contributed by atoms with Gasteiger partial charge in [0.05, 0.1) is 23.4 Å². The van der Waals surface area contributed by atoms with Crippen LogP contribution in [0.15, 0.2) is 66.1 Å². The summed E-state index contributed by atoms with van der Waals surface area (Å²) in [5.74, 6) is 0. The molecule has 8 nitrogen and oxygen atoms in total. The Kier molecular flexibility index (Phi) is 7.02. The highest BCUT2D eigenvalue weighted by molar-refractivity contribution is 6.06. The van der Waals surface area contributed by atoms with Gasteiger partial charge in [-0.15, -0.1) is 0 Å². The number of imidazole rings is 1. The summed E-state index contributed by atoms with van der Waals surface area (Å²) in [7, 11) is 4.84. The van der Waals surface area contributed by atoms with Crippen LogP contribution in [-0.4, -0.2) is 67.8 Å². The molecular weight excluding hydrogens is 458 g/mol. The normalized spacial score (nSPS) is 24.6. The van der Waals surface area contributed by atoms with Crippen molar-refractivity contribution in [2.24, 2.45) is 5.16 Å². The van der Waals surface area contributed by atoms with Gasteiger partial charge in [-0.2, -0.15) is 0 Å². The summed E-state index contributed by atoms with van der Waals surface area (Å²) in [5, 5.41) is 6.34. The van der Waals surface area contributed by atoms with E-state index < -0.39 is 12.4 Å². The fraction of sp³-hybridized carbons (Fsp3) is 0.357. The van der Waals surface area contributed by atoms with Crippen molar-refractivity contribution in [1.82, 2.24) is 9.55 Å². The van der Waals surface area contributed by atoms with E-state index in [0.29, 0.717) is 0 Å². The molecule has 8 heteroatoms. The Hall–Kier alpha value is -3.30. The van der Waals surface area contributed by atoms with Gasteiger partial charge in [0.25, 0.3) is 6.29 Å². The number of hydrogen-bond acceptors (Lipinski definition) is 7. The van der Waals surface area contributed by atoms with Crippen molar-refractivity contribution in [2.75, 3.05) is 21.3 Å². The molecule has 1 saturated heterocycles. The Balaban J connectivity index is 1.36. The third-order valence-electron chi connectivity index (χ3n) is 6.78. The molecule has 0 spiro atoms. The minimum absolute atomic E-state index is 0.241. The predicted molar refractivity (Wildman–Crippen MR) is 139 cm³/mol. The zero-order chi connectivity index (χ0) is 25.2. The number of ether oxygens (including phenoxy) is 4. The molecule has 3 aromatic carbocycles. The van der Waals surface area contributed by atoms with Crippen LogP contribution in [0.4, 0.5) is 0 Å². The Morgan fingerprint density at radius 1 is 0.917 bits per heavy atom. The maximum Gasteiger partial charge on any atom is 0.256 e. The number of aryl methyl sites for hydroxylation is 1. The summed E-state index contributed by atoms with van der Waals surface area (Å²) in [4.78, 5) is 10.4. The molecule has 0 radical (unpaired) electrons. The minimum atomic E-state index is -0.719. The first-order valence-corrected chi connectivity index (χ1v) is 11.9. The average molecular weight is 490 g/mol. The lowest BCUT2D eigenvalue weighted by Gasteiger charge is -2.42. The van der Waals surface area contributed by atoms with Gasteiger partial charge in [0.15, 0.2) is 6.10 Å². The number of methoxy groups -OCH3 is 3. The molecular formula is C28H31N3O5. The van der Waals surface area contributed by atoms with Gasteiger partial charge >= 0.3 is 0 Å². The molecule has 4 aromatic rings. The van der Waals surface area contributed by atoms with Crippen molar-refractivity contribution in [3.8, 4) is 5.69 Å². The molecule has 1 aliphatic rings. The molecule has 0 aliphatic carbocycles. The summed E-state index contributed by atoms with van der Waals surface area (Å²) in [6.45, 7) is 4.00. The van der Waals surface area contributed by atoms with E-state index in [9.17, 15) is 0 Å². The van der Waals surface area contributed by atoms with Gasteiger partial charge in [0, 0.05) is 32.4 Å². The molecule has 1 aromatic heterocycles. The predicted octanol–water partition coefficient (Wildman–Crippen LogP) is 4.63. The summed E-state index contributed by atoms with van der Waals surface area (Å²) in [5.41, 5.74) is 5.23. The second-order valence-corrected chi connectivity index (χ2v) is 9.01. The van der Waals surface area contributed by atoms with Crippen LogP contribution in [-0.2, 0) is 23.8 Å². The molecule has 5 rings (SSSR count). The number of fused-ring (bicyclic) bond motifs is 3. The molecule has 36 heavy (non-hydrogen) atoms. The topological polar surface area (TPSA) is 76.3 Å². The molecule has 0 bridgehead atoms. The van der Waals surface area contributed by atoms with Gasteiger partial charge in [-0.3, -0.25) is 4.57 Å². The monoisotopic (exact) mass is 489 g/mol. The molecule has 0 amide bonds. The summed E-state index contributed by atoms with van der Waals surface area (Å²) in [6.07, 6.45) is 1.48. The van der Waals surface area contributed by atoms with E-state index in [1.54, 1.807) is 27.5 Å². The van der Waals surface area contributed by atoms with E-state index in [0.717, 1.165) is 33.1 Å². The first kappa shape index (κ1) is 24.4. The van der Waals surface area contributed by atoms with Crippen molar-refractivity contribution < 1.29 is 23.8 Å². The molecule has 1 aliphatic heterocycles. The fourth-order valence-corrected chi connectivity index (χ4v) is 4.87. The van der Waals surface area contributed by atoms with E-state index >= 15 is 0 Å². The second-order valence-electron chi connectivity index (χ2n) is 9.01. The molecule has 0 saturated carbocycles. The van der Waals surface area contributed by atoms with E-state index in [2.05, 4.69) is 65.2 Å². The van der Waals surface area contributed by atoms with Crippen LogP contribution >= 0.6 is 0 Å². The van der Waals surface area contributed by atoms with Crippen LogP contribution in [0.3, 0.4) is 0 Å². The van der Waals surface area contributed by atoms with Crippen molar-refractivity contribution in [3.63, 3.8) is 0 Å². The van der Waals surface area contributed by atoms with Crippen LogP contribution < -0.4 is 0 Å². The Morgan fingerprint density at radius 2 is 1.67 bits per heavy atom. The second kappa shape index (κ2) is 10.4. The zero-order valence-electron chi connectivity index (χ0n) is 21.1. The number of rotatable bonds is 7. The third-order valence-corrected chi connectivity index (χ3v) is 6.78. The Morgan fingerprint density at radius 3 is 2.39 bits per heavy atom. The largest absolute Gasteiger partial charge is 0.376 e. The third kappa shape index (κ3) is 4.49. The number of oxime groups is 1. The lowest BCUT2D eigenvalue weighted by molar-refractivity contribution is -0.305. The Labute approximate surface area is 210 Å². The van der Waals surface area contributed by atoms with Gasteiger partial charge in [-0.1, -0.05) is 41.1 Å². The molecule has 188 valence electrons. The summed E-state index contributed by atoms with van der Waals surface area (Å²) < 4.78 is 24.8. The highest BCUT2D eigenvalue weighted by atomic mass is 16.8. The van der Waals surface area contributed by atoms with Crippen LogP contribution in [0.25, 0.3) is 27.5 Å². The fourth-order valence-electron chi connectivity index (χ4n) is 4.87. The van der Waals surface area contributed by atoms with E-state index in [4.69, 9.17) is 28.8 Å². The number of nitrogens with zero attached hydrogens (tertiary/aromatic N) is 3. The van der Waals surface area contributed by atoms with Crippen LogP contribution in [0.1, 0.15) is 18.1 Å². The first-order valence-electron chi connectivity index (χ1n) is 11.9. The highest BCUT2D eigenvalue weighted by Gasteiger charge is 2.46. The Bertz CT molecular complexity index is 1370. The first-order chi connectivity index (χ1) is 17.5. The average Bonchev–Trinajstić information content (AvgIpc) is 3.33. The van der Waals surface area contributed by atoms with Crippen molar-refractivity contribution in [2.45, 2.75) is 44.6 Å². The number of benzene rings is 3. The van der Waals surface area contributed by atoms with Gasteiger partial charge in [0.1, 0.15) is 18.5 Å². The lowest BCUT2D eigenvalue weighted by Crippen LogP contribution is -2.59. The van der Waals surface area contributed by atoms with Crippen LogP contribution in [0.5, 0.6) is 0 Å². The maximum absolute atomic E-state index is 5.95. The number of aromatic nitrogens is 2. The molecule has 1 fully saturated rings. The zero-order valence-corrected chi connectivity index (χ0v) is 21.1. The van der Waals surface area contributed by atoms with Crippen LogP contribution in [0.2, 0.25) is 0 Å². The molecule has 5 atom stereocenters. The molecule has 0 N–H and O–H groups in total. The van der Waals surface area contributed by atoms with E-state index in [1.807, 2.05) is 19.3 Å². The highest BCUT2D eigenvalue weighted by Crippen LogP contribution is 2.29. The van der Waals surface area contributed by atoms with Gasteiger partial charge in [-0.05, 0) is 49.1 Å². The SMILES string of the molecule is CO[C@@H]1[C@@H](OC)[C@H](C)O[C@H](O/N=C/c2ccc3c(ccc4c3ncn4-c3ccc(C)cc3)c2)[C@@H]1OC. The number of hydrogen-bond donors (Lipinski definition) is 0. The van der Waals surface area contributed by atoms with Crippen molar-refractivity contribution >= 4 is 28.0 Å². The summed E-state index contributed by atoms with van der Waals surface area (Å²) >= 11 is 0.